The number of nitrogens with zero attached hydrogens (tertiary/aromatic N) is 1. The van der Waals surface area contributed by atoms with Gasteiger partial charge < -0.3 is 20.6 Å². The van der Waals surface area contributed by atoms with E-state index in [0.29, 0.717) is 19.5 Å². The first-order chi connectivity index (χ1) is 9.69. The van der Waals surface area contributed by atoms with Gasteiger partial charge in [0.1, 0.15) is 12.9 Å². The average molecular weight is 277 g/mol. The second-order valence-electron chi connectivity index (χ2n) is 4.69. The van der Waals surface area contributed by atoms with Gasteiger partial charge in [0.2, 0.25) is 5.91 Å². The molecular weight excluding hydrogens is 258 g/mol. The van der Waals surface area contributed by atoms with Gasteiger partial charge in [-0.2, -0.15) is 0 Å². The molecule has 1 aromatic rings. The van der Waals surface area contributed by atoms with Crippen LogP contribution in [0.4, 0.5) is 0 Å². The molecule has 1 aliphatic heterocycles. The SMILES string of the molecule is CO/N=C1/CNC(C(=O)NCCc2ccc(O)cc2)C1. The fourth-order valence-electron chi connectivity index (χ4n) is 2.12. The van der Waals surface area contributed by atoms with Crippen LogP contribution in [0.2, 0.25) is 0 Å². The molecule has 20 heavy (non-hydrogen) atoms. The predicted octanol–water partition coefficient (Wildman–Crippen LogP) is 0.415. The van der Waals surface area contributed by atoms with Gasteiger partial charge in [0, 0.05) is 19.5 Å². The highest BCUT2D eigenvalue weighted by Crippen LogP contribution is 2.09. The molecule has 0 spiro atoms. The number of hydrogen-bond acceptors (Lipinski definition) is 5. The van der Waals surface area contributed by atoms with Crippen LogP contribution in [0.1, 0.15) is 12.0 Å². The van der Waals surface area contributed by atoms with Gasteiger partial charge in [-0.05, 0) is 24.1 Å². The molecule has 0 aromatic heterocycles. The molecule has 1 atom stereocenters. The van der Waals surface area contributed by atoms with Gasteiger partial charge >= 0.3 is 0 Å². The lowest BCUT2D eigenvalue weighted by molar-refractivity contribution is -0.122. The van der Waals surface area contributed by atoms with Crippen LogP contribution in [-0.2, 0) is 16.1 Å². The van der Waals surface area contributed by atoms with Gasteiger partial charge in [-0.3, -0.25) is 4.79 Å². The van der Waals surface area contributed by atoms with Gasteiger partial charge in [-0.1, -0.05) is 17.3 Å². The summed E-state index contributed by atoms with van der Waals surface area (Å²) in [5, 5.41) is 19.0. The van der Waals surface area contributed by atoms with Gasteiger partial charge in [-0.15, -0.1) is 0 Å². The van der Waals surface area contributed by atoms with Crippen LogP contribution in [0.3, 0.4) is 0 Å². The van der Waals surface area contributed by atoms with Crippen molar-refractivity contribution < 1.29 is 14.7 Å². The molecule has 1 heterocycles. The number of amides is 1. The van der Waals surface area contributed by atoms with Gasteiger partial charge in [0.05, 0.1) is 11.8 Å². The summed E-state index contributed by atoms with van der Waals surface area (Å²) in [4.78, 5) is 16.6. The zero-order valence-electron chi connectivity index (χ0n) is 11.4. The lowest BCUT2D eigenvalue weighted by Crippen LogP contribution is -2.41. The predicted molar refractivity (Wildman–Crippen MR) is 75.7 cm³/mol. The maximum atomic E-state index is 11.9. The summed E-state index contributed by atoms with van der Waals surface area (Å²) in [7, 11) is 1.50. The standard InChI is InChI=1S/C14H19N3O3/c1-20-17-11-8-13(16-9-11)14(19)15-7-6-10-2-4-12(18)5-3-10/h2-5,13,16,18H,6-9H2,1H3,(H,15,19)/b17-11+. The van der Waals surface area contributed by atoms with E-state index in [0.717, 1.165) is 17.7 Å². The van der Waals surface area contributed by atoms with Crippen LogP contribution in [0, 0.1) is 0 Å². The van der Waals surface area contributed by atoms with Crippen molar-refractivity contribution in [3.63, 3.8) is 0 Å². The summed E-state index contributed by atoms with van der Waals surface area (Å²) in [5.41, 5.74) is 1.93. The topological polar surface area (TPSA) is 83.0 Å². The minimum Gasteiger partial charge on any atom is -0.508 e. The lowest BCUT2D eigenvalue weighted by atomic mass is 10.1. The van der Waals surface area contributed by atoms with E-state index >= 15 is 0 Å². The number of carbonyl (C=O) groups is 1. The molecule has 3 N–H and O–H groups in total. The first-order valence-corrected chi connectivity index (χ1v) is 6.57. The largest absolute Gasteiger partial charge is 0.508 e. The molecule has 6 heteroatoms. The van der Waals surface area contributed by atoms with Crippen LogP contribution in [0.15, 0.2) is 29.4 Å². The van der Waals surface area contributed by atoms with Crippen molar-refractivity contribution >= 4 is 11.6 Å². The molecule has 1 saturated heterocycles. The quantitative estimate of drug-likeness (QED) is 0.681. The highest BCUT2D eigenvalue weighted by molar-refractivity contribution is 5.96. The molecule has 108 valence electrons. The van der Waals surface area contributed by atoms with E-state index in [1.165, 1.54) is 7.11 Å². The summed E-state index contributed by atoms with van der Waals surface area (Å²) < 4.78 is 0. The number of phenols is 1. The Kier molecular flexibility index (Phi) is 4.95. The fraction of sp³-hybridized carbons (Fsp3) is 0.429. The lowest BCUT2D eigenvalue weighted by Gasteiger charge is -2.10. The Labute approximate surface area is 117 Å². The van der Waals surface area contributed by atoms with Crippen LogP contribution in [-0.4, -0.2) is 43.0 Å². The molecule has 1 aromatic carbocycles. The Morgan fingerprint density at radius 2 is 2.25 bits per heavy atom. The fourth-order valence-corrected chi connectivity index (χ4v) is 2.12. The third kappa shape index (κ3) is 3.96. The Morgan fingerprint density at radius 3 is 2.95 bits per heavy atom. The molecule has 0 bridgehead atoms. The zero-order chi connectivity index (χ0) is 14.4. The monoisotopic (exact) mass is 277 g/mol. The molecule has 6 nitrogen and oxygen atoms in total. The summed E-state index contributed by atoms with van der Waals surface area (Å²) >= 11 is 0. The molecule has 0 radical (unpaired) electrons. The summed E-state index contributed by atoms with van der Waals surface area (Å²) in [5.74, 6) is 0.225. The van der Waals surface area contributed by atoms with Gasteiger partial charge in [-0.25, -0.2) is 0 Å². The van der Waals surface area contributed by atoms with Gasteiger partial charge in [0.25, 0.3) is 0 Å². The normalized spacial score (nSPS) is 20.1. The van der Waals surface area contributed by atoms with Crippen molar-refractivity contribution in [2.75, 3.05) is 20.2 Å². The van der Waals surface area contributed by atoms with Crippen LogP contribution in [0.25, 0.3) is 0 Å². The number of nitrogens with one attached hydrogen (secondary N) is 2. The first-order valence-electron chi connectivity index (χ1n) is 6.57. The Hall–Kier alpha value is -2.08. The third-order valence-electron chi connectivity index (χ3n) is 3.18. The molecule has 1 unspecified atom stereocenters. The highest BCUT2D eigenvalue weighted by atomic mass is 16.6. The Balaban J connectivity index is 1.73. The molecule has 0 aliphatic carbocycles. The number of aromatic hydroxyl groups is 1. The minimum atomic E-state index is -0.233. The second-order valence-corrected chi connectivity index (χ2v) is 4.69. The van der Waals surface area contributed by atoms with Crippen molar-refractivity contribution in [2.45, 2.75) is 18.9 Å². The van der Waals surface area contributed by atoms with E-state index in [2.05, 4.69) is 15.8 Å². The van der Waals surface area contributed by atoms with E-state index in [1.54, 1.807) is 12.1 Å². The number of hydrogen-bond donors (Lipinski definition) is 3. The number of oxime groups is 1. The minimum absolute atomic E-state index is 0.0231. The zero-order valence-corrected chi connectivity index (χ0v) is 11.4. The van der Waals surface area contributed by atoms with Crippen molar-refractivity contribution in [1.29, 1.82) is 0 Å². The maximum Gasteiger partial charge on any atom is 0.237 e. The van der Waals surface area contributed by atoms with Crippen molar-refractivity contribution in [3.05, 3.63) is 29.8 Å². The van der Waals surface area contributed by atoms with Crippen LogP contribution >= 0.6 is 0 Å². The molecule has 1 amide bonds. The van der Waals surface area contributed by atoms with Crippen molar-refractivity contribution in [1.82, 2.24) is 10.6 Å². The van der Waals surface area contributed by atoms with E-state index < -0.39 is 0 Å². The first kappa shape index (κ1) is 14.3. The summed E-state index contributed by atoms with van der Waals surface area (Å²) in [6.45, 7) is 1.16. The molecule has 2 rings (SSSR count). The molecule has 0 saturated carbocycles. The Bertz CT molecular complexity index is 485. The number of carbonyl (C=O) groups excluding carboxylic acids is 1. The second kappa shape index (κ2) is 6.91. The summed E-state index contributed by atoms with van der Waals surface area (Å²) in [6.07, 6.45) is 1.32. The smallest absolute Gasteiger partial charge is 0.237 e. The van der Waals surface area contributed by atoms with Crippen LogP contribution in [0.5, 0.6) is 5.75 Å². The number of benzene rings is 1. The van der Waals surface area contributed by atoms with Crippen molar-refractivity contribution in [2.24, 2.45) is 5.16 Å². The number of rotatable bonds is 5. The molecule has 1 aliphatic rings. The van der Waals surface area contributed by atoms with Crippen LogP contribution < -0.4 is 10.6 Å². The van der Waals surface area contributed by atoms with E-state index in [-0.39, 0.29) is 17.7 Å². The van der Waals surface area contributed by atoms with E-state index in [1.807, 2.05) is 12.1 Å². The molecule has 1 fully saturated rings. The maximum absolute atomic E-state index is 11.9. The highest BCUT2D eigenvalue weighted by Gasteiger charge is 2.26. The van der Waals surface area contributed by atoms with Gasteiger partial charge in [0.15, 0.2) is 0 Å². The third-order valence-corrected chi connectivity index (χ3v) is 3.18. The summed E-state index contributed by atoms with van der Waals surface area (Å²) in [6, 6.07) is 6.74. The van der Waals surface area contributed by atoms with Crippen molar-refractivity contribution in [3.8, 4) is 5.75 Å². The average Bonchev–Trinajstić information content (AvgIpc) is 2.90. The van der Waals surface area contributed by atoms with E-state index in [9.17, 15) is 9.90 Å². The van der Waals surface area contributed by atoms with E-state index in [4.69, 9.17) is 4.84 Å². The Morgan fingerprint density at radius 1 is 1.50 bits per heavy atom. The molecular formula is C14H19N3O3. The number of phenolic OH excluding ortho intramolecular Hbond substituents is 1.